The molecule has 0 radical (unpaired) electrons. The van der Waals surface area contributed by atoms with Gasteiger partial charge in [0, 0.05) is 12.1 Å². The second kappa shape index (κ2) is 8.30. The van der Waals surface area contributed by atoms with Crippen molar-refractivity contribution in [2.45, 2.75) is 32.7 Å². The molecule has 94 valence electrons. The van der Waals surface area contributed by atoms with Crippen molar-refractivity contribution < 1.29 is 9.53 Å². The highest BCUT2D eigenvalue weighted by atomic mass is 16.5. The molecule has 0 rings (SSSR count). The lowest BCUT2D eigenvalue weighted by molar-refractivity contribution is -0.120. The van der Waals surface area contributed by atoms with Crippen molar-refractivity contribution in [1.29, 1.82) is 0 Å². The smallest absolute Gasteiger partial charge is 0.234 e. The minimum Gasteiger partial charge on any atom is -0.379 e. The number of hydrogen-bond acceptors (Lipinski definition) is 3. The van der Waals surface area contributed by atoms with Gasteiger partial charge in [0.1, 0.15) is 0 Å². The third-order valence-electron chi connectivity index (χ3n) is 1.81. The van der Waals surface area contributed by atoms with Crippen molar-refractivity contribution in [3.8, 4) is 0 Å². The minimum absolute atomic E-state index is 0.00208. The molecule has 0 heterocycles. The highest BCUT2D eigenvalue weighted by Gasteiger charge is 2.10. The average molecular weight is 228 g/mol. The summed E-state index contributed by atoms with van der Waals surface area (Å²) in [5.41, 5.74) is -0.0300. The Hall–Kier alpha value is -0.870. The van der Waals surface area contributed by atoms with Crippen LogP contribution in [0.15, 0.2) is 12.7 Å². The van der Waals surface area contributed by atoms with E-state index in [1.165, 1.54) is 0 Å². The molecule has 4 heteroatoms. The molecule has 0 aromatic carbocycles. The summed E-state index contributed by atoms with van der Waals surface area (Å²) in [6.07, 6.45) is 2.66. The molecule has 16 heavy (non-hydrogen) atoms. The summed E-state index contributed by atoms with van der Waals surface area (Å²) in [5, 5.41) is 5.90. The Kier molecular flexibility index (Phi) is 7.85. The van der Waals surface area contributed by atoms with Crippen LogP contribution in [0.2, 0.25) is 0 Å². The monoisotopic (exact) mass is 228 g/mol. The van der Waals surface area contributed by atoms with Crippen molar-refractivity contribution in [1.82, 2.24) is 10.6 Å². The Morgan fingerprint density at radius 2 is 2.06 bits per heavy atom. The third kappa shape index (κ3) is 11.2. The first-order valence-electron chi connectivity index (χ1n) is 5.66. The predicted molar refractivity (Wildman–Crippen MR) is 66.4 cm³/mol. The molecule has 1 amide bonds. The maximum atomic E-state index is 11.3. The van der Waals surface area contributed by atoms with Gasteiger partial charge in [-0.1, -0.05) is 6.08 Å². The molecular formula is C12H24N2O2. The molecule has 0 aromatic rings. The van der Waals surface area contributed by atoms with Gasteiger partial charge in [-0.3, -0.25) is 4.79 Å². The van der Waals surface area contributed by atoms with E-state index < -0.39 is 0 Å². The maximum Gasteiger partial charge on any atom is 0.234 e. The highest BCUT2D eigenvalue weighted by Crippen LogP contribution is 1.96. The molecule has 0 aliphatic rings. The molecule has 0 fully saturated rings. The zero-order valence-corrected chi connectivity index (χ0v) is 10.6. The van der Waals surface area contributed by atoms with Gasteiger partial charge in [0.2, 0.25) is 5.91 Å². The summed E-state index contributed by atoms with van der Waals surface area (Å²) in [7, 11) is 0. The van der Waals surface area contributed by atoms with Gasteiger partial charge >= 0.3 is 0 Å². The predicted octanol–water partition coefficient (Wildman–Crippen LogP) is 1.08. The molecule has 0 aliphatic carbocycles. The van der Waals surface area contributed by atoms with Gasteiger partial charge in [-0.2, -0.15) is 0 Å². The fraction of sp³-hybridized carbons (Fsp3) is 0.750. The summed E-state index contributed by atoms with van der Waals surface area (Å²) in [6.45, 7) is 11.8. The number of amides is 1. The van der Waals surface area contributed by atoms with Crippen LogP contribution in [-0.2, 0) is 9.53 Å². The van der Waals surface area contributed by atoms with Gasteiger partial charge < -0.3 is 15.4 Å². The van der Waals surface area contributed by atoms with Crippen LogP contribution < -0.4 is 10.6 Å². The van der Waals surface area contributed by atoms with E-state index in [0.717, 1.165) is 6.42 Å². The lowest BCUT2D eigenvalue weighted by Gasteiger charge is -2.19. The zero-order valence-electron chi connectivity index (χ0n) is 10.6. The number of ether oxygens (including phenoxy) is 1. The molecule has 0 saturated heterocycles. The Morgan fingerprint density at radius 3 is 2.62 bits per heavy atom. The van der Waals surface area contributed by atoms with E-state index in [4.69, 9.17) is 4.74 Å². The van der Waals surface area contributed by atoms with Crippen molar-refractivity contribution in [3.05, 3.63) is 12.7 Å². The molecule has 0 aliphatic heterocycles. The van der Waals surface area contributed by atoms with Crippen molar-refractivity contribution in [3.63, 3.8) is 0 Å². The zero-order chi connectivity index (χ0) is 12.4. The third-order valence-corrected chi connectivity index (χ3v) is 1.81. The van der Waals surface area contributed by atoms with E-state index in [0.29, 0.717) is 26.3 Å². The fourth-order valence-corrected chi connectivity index (χ4v) is 0.939. The van der Waals surface area contributed by atoms with Crippen LogP contribution in [0.4, 0.5) is 0 Å². The number of carbonyl (C=O) groups is 1. The molecule has 2 N–H and O–H groups in total. The van der Waals surface area contributed by atoms with Crippen LogP contribution in [0.5, 0.6) is 0 Å². The first-order valence-corrected chi connectivity index (χ1v) is 5.66. The van der Waals surface area contributed by atoms with E-state index in [2.05, 4.69) is 17.2 Å². The minimum atomic E-state index is -0.0300. The molecule has 0 bridgehead atoms. The van der Waals surface area contributed by atoms with Gasteiger partial charge in [-0.05, 0) is 27.2 Å². The Bertz CT molecular complexity index is 210. The summed E-state index contributed by atoms with van der Waals surface area (Å²) >= 11 is 0. The second-order valence-electron chi connectivity index (χ2n) is 4.64. The van der Waals surface area contributed by atoms with E-state index in [-0.39, 0.29) is 11.4 Å². The molecule has 0 atom stereocenters. The van der Waals surface area contributed by atoms with Crippen LogP contribution in [0, 0.1) is 0 Å². The lowest BCUT2D eigenvalue weighted by Crippen LogP contribution is -2.43. The van der Waals surface area contributed by atoms with E-state index >= 15 is 0 Å². The van der Waals surface area contributed by atoms with E-state index in [9.17, 15) is 4.79 Å². The van der Waals surface area contributed by atoms with E-state index in [1.54, 1.807) is 0 Å². The van der Waals surface area contributed by atoms with Crippen molar-refractivity contribution in [2.75, 3.05) is 26.3 Å². The van der Waals surface area contributed by atoms with Crippen LogP contribution in [0.3, 0.4) is 0 Å². The van der Waals surface area contributed by atoms with Crippen molar-refractivity contribution in [2.24, 2.45) is 0 Å². The quantitative estimate of drug-likeness (QED) is 0.483. The number of carbonyl (C=O) groups excluding carboxylic acids is 1. The molecule has 0 spiro atoms. The van der Waals surface area contributed by atoms with Gasteiger partial charge in [0.05, 0.1) is 19.8 Å². The Labute approximate surface area is 98.4 Å². The summed E-state index contributed by atoms with van der Waals surface area (Å²) in [6, 6.07) is 0. The first-order chi connectivity index (χ1) is 7.45. The van der Waals surface area contributed by atoms with Crippen LogP contribution in [-0.4, -0.2) is 37.7 Å². The average Bonchev–Trinajstić information content (AvgIpc) is 2.19. The van der Waals surface area contributed by atoms with Crippen molar-refractivity contribution >= 4 is 5.91 Å². The molecule has 0 aromatic heterocycles. The molecule has 0 saturated carbocycles. The Morgan fingerprint density at radius 1 is 1.38 bits per heavy atom. The number of rotatable bonds is 8. The number of nitrogens with one attached hydrogen (secondary N) is 2. The van der Waals surface area contributed by atoms with Crippen LogP contribution in [0.1, 0.15) is 27.2 Å². The van der Waals surface area contributed by atoms with Gasteiger partial charge in [-0.25, -0.2) is 0 Å². The SMILES string of the molecule is C=CCCOCCNC(=O)CNC(C)(C)C. The first kappa shape index (κ1) is 15.1. The molecular weight excluding hydrogens is 204 g/mol. The molecule has 4 nitrogen and oxygen atoms in total. The maximum absolute atomic E-state index is 11.3. The standard InChI is InChI=1S/C12H24N2O2/c1-5-6-8-16-9-7-13-11(15)10-14-12(2,3)4/h5,14H,1,6-10H2,2-4H3,(H,13,15). The van der Waals surface area contributed by atoms with Crippen LogP contribution >= 0.6 is 0 Å². The fourth-order valence-electron chi connectivity index (χ4n) is 0.939. The van der Waals surface area contributed by atoms with E-state index in [1.807, 2.05) is 26.8 Å². The largest absolute Gasteiger partial charge is 0.379 e. The Balaban J connectivity index is 3.34. The topological polar surface area (TPSA) is 50.4 Å². The van der Waals surface area contributed by atoms with Gasteiger partial charge in [0.15, 0.2) is 0 Å². The normalized spacial score (nSPS) is 11.2. The number of hydrogen-bond donors (Lipinski definition) is 2. The highest BCUT2D eigenvalue weighted by molar-refractivity contribution is 5.78. The summed E-state index contributed by atoms with van der Waals surface area (Å²) in [4.78, 5) is 11.3. The van der Waals surface area contributed by atoms with Gasteiger partial charge in [-0.15, -0.1) is 6.58 Å². The van der Waals surface area contributed by atoms with Crippen LogP contribution in [0.25, 0.3) is 0 Å². The summed E-state index contributed by atoms with van der Waals surface area (Å²) in [5.74, 6) is 0.00208. The lowest BCUT2D eigenvalue weighted by atomic mass is 10.1. The summed E-state index contributed by atoms with van der Waals surface area (Å²) < 4.78 is 5.26. The second-order valence-corrected chi connectivity index (χ2v) is 4.64. The molecule has 0 unspecified atom stereocenters. The van der Waals surface area contributed by atoms with Gasteiger partial charge in [0.25, 0.3) is 0 Å².